The minimum Gasteiger partial charge on any atom is -0.497 e. The molecule has 5 rings (SSSR count). The molecule has 8 nitrogen and oxygen atoms in total. The van der Waals surface area contributed by atoms with Crippen molar-refractivity contribution < 1.29 is 23.9 Å². The van der Waals surface area contributed by atoms with Gasteiger partial charge in [0, 0.05) is 26.3 Å². The monoisotopic (exact) mass is 629 g/mol. The van der Waals surface area contributed by atoms with Crippen molar-refractivity contribution in [3.63, 3.8) is 0 Å². The Morgan fingerprint density at radius 3 is 2.20 bits per heavy atom. The Hall–Kier alpha value is -4.54. The van der Waals surface area contributed by atoms with Gasteiger partial charge in [0.2, 0.25) is 0 Å². The molecule has 3 amide bonds. The fourth-order valence-electron chi connectivity index (χ4n) is 4.08. The Kier molecular flexibility index (Phi) is 8.42. The number of hydrogen-bond donors (Lipinski definition) is 2. The van der Waals surface area contributed by atoms with Gasteiger partial charge in [0.05, 0.1) is 19.9 Å². The summed E-state index contributed by atoms with van der Waals surface area (Å²) < 4.78 is 11.3. The number of carbonyl (C=O) groups excluding carboxylic acids is 3. The maximum Gasteiger partial charge on any atom is 0.283 e. The van der Waals surface area contributed by atoms with E-state index < -0.39 is 11.8 Å². The van der Waals surface area contributed by atoms with Crippen LogP contribution in [0.25, 0.3) is 0 Å². The number of nitrogens with one attached hydrogen (secondary N) is 2. The molecule has 1 aliphatic rings. The van der Waals surface area contributed by atoms with E-state index in [9.17, 15) is 14.4 Å². The molecule has 0 aliphatic carbocycles. The Morgan fingerprint density at radius 2 is 1.49 bits per heavy atom. The van der Waals surface area contributed by atoms with Crippen molar-refractivity contribution in [2.45, 2.75) is 4.90 Å². The zero-order chi connectivity index (χ0) is 28.9. The van der Waals surface area contributed by atoms with E-state index in [4.69, 9.17) is 9.47 Å². The first-order chi connectivity index (χ1) is 19.9. The molecule has 41 heavy (non-hydrogen) atoms. The smallest absolute Gasteiger partial charge is 0.283 e. The van der Waals surface area contributed by atoms with Gasteiger partial charge in [0.1, 0.15) is 22.1 Å². The first kappa shape index (κ1) is 28.0. The molecule has 10 heteroatoms. The summed E-state index contributed by atoms with van der Waals surface area (Å²) in [6.07, 6.45) is 0. The molecule has 4 aromatic rings. The average Bonchev–Trinajstić information content (AvgIpc) is 3.22. The summed E-state index contributed by atoms with van der Waals surface area (Å²) in [5.74, 6) is -0.0636. The molecule has 0 saturated carbocycles. The zero-order valence-corrected chi connectivity index (χ0v) is 24.4. The summed E-state index contributed by atoms with van der Waals surface area (Å²) in [5.41, 5.74) is 2.21. The predicted octanol–water partition coefficient (Wildman–Crippen LogP) is 6.71. The molecule has 0 atom stereocenters. The van der Waals surface area contributed by atoms with Crippen molar-refractivity contribution in [1.29, 1.82) is 0 Å². The van der Waals surface area contributed by atoms with Crippen LogP contribution in [0, 0.1) is 0 Å². The van der Waals surface area contributed by atoms with Crippen LogP contribution in [0.1, 0.15) is 10.4 Å². The van der Waals surface area contributed by atoms with E-state index in [-0.39, 0.29) is 16.5 Å². The van der Waals surface area contributed by atoms with Gasteiger partial charge in [-0.05, 0) is 84.9 Å². The van der Waals surface area contributed by atoms with Crippen molar-refractivity contribution in [3.05, 3.63) is 118 Å². The van der Waals surface area contributed by atoms with Crippen LogP contribution < -0.4 is 25.0 Å². The molecule has 2 N–H and O–H groups in total. The quantitative estimate of drug-likeness (QED) is 0.199. The zero-order valence-electron chi connectivity index (χ0n) is 22.0. The van der Waals surface area contributed by atoms with Crippen LogP contribution in [0.4, 0.5) is 17.1 Å². The Balaban J connectivity index is 1.44. The van der Waals surface area contributed by atoms with Crippen LogP contribution in [0.2, 0.25) is 0 Å². The van der Waals surface area contributed by atoms with Gasteiger partial charge in [-0.25, -0.2) is 4.90 Å². The lowest BCUT2D eigenvalue weighted by Crippen LogP contribution is -2.32. The Morgan fingerprint density at radius 1 is 0.780 bits per heavy atom. The Bertz CT molecular complexity index is 1660. The SMILES string of the molecule is COc1ccc(N2C(=O)C(Nc3ccc(Br)cc3)=C(Sc3cccc(NC(=O)c4cccc(OC)c4)c3)C2=O)cc1. The minimum atomic E-state index is -0.479. The van der Waals surface area contributed by atoms with Crippen LogP contribution in [-0.4, -0.2) is 31.9 Å². The van der Waals surface area contributed by atoms with Gasteiger partial charge < -0.3 is 20.1 Å². The van der Waals surface area contributed by atoms with E-state index in [0.29, 0.717) is 39.0 Å². The lowest BCUT2D eigenvalue weighted by molar-refractivity contribution is -0.120. The van der Waals surface area contributed by atoms with Gasteiger partial charge in [0.25, 0.3) is 17.7 Å². The van der Waals surface area contributed by atoms with Crippen molar-refractivity contribution in [1.82, 2.24) is 0 Å². The van der Waals surface area contributed by atoms with Crippen molar-refractivity contribution in [2.75, 3.05) is 29.8 Å². The van der Waals surface area contributed by atoms with Crippen molar-refractivity contribution in [2.24, 2.45) is 0 Å². The number of amides is 3. The summed E-state index contributed by atoms with van der Waals surface area (Å²) >= 11 is 4.56. The van der Waals surface area contributed by atoms with Crippen LogP contribution >= 0.6 is 27.7 Å². The number of methoxy groups -OCH3 is 2. The third kappa shape index (κ3) is 6.29. The molecule has 1 aliphatic heterocycles. The second-order valence-corrected chi connectivity index (χ2v) is 10.8. The van der Waals surface area contributed by atoms with Crippen molar-refractivity contribution in [3.8, 4) is 11.5 Å². The number of ether oxygens (including phenoxy) is 2. The summed E-state index contributed by atoms with van der Waals surface area (Å²) in [5, 5.41) is 6.02. The van der Waals surface area contributed by atoms with E-state index in [2.05, 4.69) is 26.6 Å². The van der Waals surface area contributed by atoms with E-state index in [1.165, 1.54) is 7.11 Å². The average molecular weight is 631 g/mol. The van der Waals surface area contributed by atoms with E-state index in [1.54, 1.807) is 73.8 Å². The fourth-order valence-corrected chi connectivity index (χ4v) is 5.33. The summed E-state index contributed by atoms with van der Waals surface area (Å²) in [7, 11) is 3.09. The summed E-state index contributed by atoms with van der Waals surface area (Å²) in [6, 6.07) is 27.9. The number of benzene rings is 4. The van der Waals surface area contributed by atoms with Gasteiger partial charge in [-0.2, -0.15) is 0 Å². The topological polar surface area (TPSA) is 97.0 Å². The molecule has 4 aromatic carbocycles. The van der Waals surface area contributed by atoms with Crippen LogP contribution in [0.3, 0.4) is 0 Å². The first-order valence-corrected chi connectivity index (χ1v) is 14.0. The lowest BCUT2D eigenvalue weighted by Gasteiger charge is -2.15. The normalized spacial score (nSPS) is 12.9. The fraction of sp³-hybridized carbons (Fsp3) is 0.0645. The molecule has 0 spiro atoms. The molecule has 0 fully saturated rings. The standard InChI is InChI=1S/C31H24BrN3O5S/c1-39-24-15-13-23(14-16-24)35-30(37)27(33-21-11-9-20(32)10-12-21)28(31(35)38)41-26-8-4-6-22(18-26)34-29(36)19-5-3-7-25(17-19)40-2/h3-18,33H,1-2H3,(H,34,36). The van der Waals surface area contributed by atoms with Gasteiger partial charge in [-0.3, -0.25) is 14.4 Å². The molecule has 0 radical (unpaired) electrons. The van der Waals surface area contributed by atoms with E-state index in [1.807, 2.05) is 30.3 Å². The number of hydrogen-bond acceptors (Lipinski definition) is 7. The summed E-state index contributed by atoms with van der Waals surface area (Å²) in [6.45, 7) is 0. The van der Waals surface area contributed by atoms with Crippen LogP contribution in [0.5, 0.6) is 11.5 Å². The molecular weight excluding hydrogens is 606 g/mol. The number of rotatable bonds is 9. The molecule has 0 unspecified atom stereocenters. The maximum absolute atomic E-state index is 13.7. The number of carbonyl (C=O) groups is 3. The van der Waals surface area contributed by atoms with Crippen LogP contribution in [0.15, 0.2) is 117 Å². The second kappa shape index (κ2) is 12.3. The Labute approximate surface area is 249 Å². The third-order valence-corrected chi connectivity index (χ3v) is 7.73. The predicted molar refractivity (Wildman–Crippen MR) is 164 cm³/mol. The highest BCUT2D eigenvalue weighted by Gasteiger charge is 2.40. The maximum atomic E-state index is 13.7. The van der Waals surface area contributed by atoms with E-state index >= 15 is 0 Å². The number of anilines is 3. The lowest BCUT2D eigenvalue weighted by atomic mass is 10.2. The second-order valence-electron chi connectivity index (χ2n) is 8.80. The van der Waals surface area contributed by atoms with Gasteiger partial charge in [-0.1, -0.05) is 39.8 Å². The minimum absolute atomic E-state index is 0.156. The number of thioether (sulfide) groups is 1. The molecular formula is C31H24BrN3O5S. The molecule has 0 saturated heterocycles. The number of halogens is 1. The highest BCUT2D eigenvalue weighted by atomic mass is 79.9. The van der Waals surface area contributed by atoms with E-state index in [0.717, 1.165) is 21.1 Å². The highest BCUT2D eigenvalue weighted by Crippen LogP contribution is 2.39. The number of imide groups is 1. The third-order valence-electron chi connectivity index (χ3n) is 6.13. The van der Waals surface area contributed by atoms with Crippen molar-refractivity contribution >= 4 is 62.5 Å². The summed E-state index contributed by atoms with van der Waals surface area (Å²) in [4.78, 5) is 42.2. The highest BCUT2D eigenvalue weighted by molar-refractivity contribution is 9.10. The molecule has 0 bridgehead atoms. The van der Waals surface area contributed by atoms with Crippen LogP contribution in [-0.2, 0) is 9.59 Å². The molecule has 0 aromatic heterocycles. The van der Waals surface area contributed by atoms with Gasteiger partial charge in [-0.15, -0.1) is 0 Å². The largest absolute Gasteiger partial charge is 0.497 e. The first-order valence-electron chi connectivity index (χ1n) is 12.4. The van der Waals surface area contributed by atoms with Gasteiger partial charge >= 0.3 is 0 Å². The number of nitrogens with zero attached hydrogens (tertiary/aromatic N) is 1. The van der Waals surface area contributed by atoms with Gasteiger partial charge in [0.15, 0.2) is 0 Å². The molecule has 1 heterocycles. The molecule has 206 valence electrons.